The van der Waals surface area contributed by atoms with Gasteiger partial charge in [0.05, 0.1) is 5.92 Å². The maximum absolute atomic E-state index is 11.2. The van der Waals surface area contributed by atoms with E-state index < -0.39 is 11.9 Å². The minimum absolute atomic E-state index is 0.0819. The Morgan fingerprint density at radius 1 is 1.38 bits per heavy atom. The van der Waals surface area contributed by atoms with E-state index in [-0.39, 0.29) is 5.92 Å². The highest BCUT2D eigenvalue weighted by Gasteiger charge is 2.33. The second-order valence-electron chi connectivity index (χ2n) is 4.25. The van der Waals surface area contributed by atoms with Crippen LogP contribution in [-0.2, 0) is 4.79 Å². The standard InChI is InChI=1S/C12H14BNO2/c13-14-7-6-10(11(8-14)12(15)16)9-4-2-1-3-5-9/h1-5,10-11H,6-8H2,(H,15,16)/t10-,11-/m0/s1. The maximum Gasteiger partial charge on any atom is 0.308 e. The molecule has 3 nitrogen and oxygen atoms in total. The first-order valence-corrected chi connectivity index (χ1v) is 5.46. The molecule has 1 aromatic carbocycles. The molecule has 0 aromatic heterocycles. The van der Waals surface area contributed by atoms with E-state index >= 15 is 0 Å². The van der Waals surface area contributed by atoms with Crippen molar-refractivity contribution >= 4 is 14.0 Å². The number of hydrogen-bond donors (Lipinski definition) is 1. The third-order valence-corrected chi connectivity index (χ3v) is 3.19. The van der Waals surface area contributed by atoms with Gasteiger partial charge in [-0.15, -0.1) is 0 Å². The first-order valence-electron chi connectivity index (χ1n) is 5.46. The Kier molecular flexibility index (Phi) is 3.29. The van der Waals surface area contributed by atoms with Crippen LogP contribution in [0.3, 0.4) is 0 Å². The molecule has 1 aliphatic heterocycles. The zero-order valence-electron chi connectivity index (χ0n) is 9.04. The predicted molar refractivity (Wildman–Crippen MR) is 62.3 cm³/mol. The molecule has 0 aliphatic carbocycles. The summed E-state index contributed by atoms with van der Waals surface area (Å²) in [6, 6.07) is 9.82. The van der Waals surface area contributed by atoms with Gasteiger partial charge in [0.1, 0.15) is 0 Å². The summed E-state index contributed by atoms with van der Waals surface area (Å²) in [5.41, 5.74) is 1.10. The summed E-state index contributed by atoms with van der Waals surface area (Å²) in [5, 5.41) is 9.21. The highest BCUT2D eigenvalue weighted by Crippen LogP contribution is 2.32. The van der Waals surface area contributed by atoms with Crippen molar-refractivity contribution in [1.82, 2.24) is 4.81 Å². The first kappa shape index (κ1) is 11.2. The first-order chi connectivity index (χ1) is 7.68. The Hall–Kier alpha value is -1.29. The summed E-state index contributed by atoms with van der Waals surface area (Å²) < 4.78 is 0. The van der Waals surface area contributed by atoms with Crippen LogP contribution >= 0.6 is 0 Å². The Morgan fingerprint density at radius 2 is 2.06 bits per heavy atom. The smallest absolute Gasteiger partial charge is 0.308 e. The fourth-order valence-corrected chi connectivity index (χ4v) is 2.33. The van der Waals surface area contributed by atoms with Crippen molar-refractivity contribution < 1.29 is 9.90 Å². The number of carbonyl (C=O) groups is 1. The average molecular weight is 215 g/mol. The molecule has 2 atom stereocenters. The summed E-state index contributed by atoms with van der Waals surface area (Å²) in [4.78, 5) is 12.8. The van der Waals surface area contributed by atoms with Crippen LogP contribution in [0.25, 0.3) is 0 Å². The van der Waals surface area contributed by atoms with Crippen LogP contribution in [-0.4, -0.2) is 37.0 Å². The molecule has 1 fully saturated rings. The van der Waals surface area contributed by atoms with E-state index in [0.29, 0.717) is 6.54 Å². The lowest BCUT2D eigenvalue weighted by molar-refractivity contribution is -0.143. The molecule has 4 heteroatoms. The molecule has 0 spiro atoms. The molecule has 1 saturated heterocycles. The zero-order chi connectivity index (χ0) is 11.5. The van der Waals surface area contributed by atoms with E-state index in [9.17, 15) is 9.90 Å². The summed E-state index contributed by atoms with van der Waals surface area (Å²) in [6.07, 6.45) is 0.803. The lowest BCUT2D eigenvalue weighted by atomic mass is 9.79. The van der Waals surface area contributed by atoms with Crippen LogP contribution in [0.1, 0.15) is 17.9 Å². The lowest BCUT2D eigenvalue weighted by Crippen LogP contribution is -2.41. The van der Waals surface area contributed by atoms with Gasteiger partial charge in [-0.05, 0) is 24.4 Å². The maximum atomic E-state index is 11.2. The second kappa shape index (κ2) is 4.70. The molecule has 1 aliphatic rings. The molecule has 1 aromatic rings. The van der Waals surface area contributed by atoms with Gasteiger partial charge in [0, 0.05) is 6.54 Å². The summed E-state index contributed by atoms with van der Waals surface area (Å²) >= 11 is 0. The number of aliphatic carboxylic acids is 1. The van der Waals surface area contributed by atoms with Gasteiger partial charge in [-0.2, -0.15) is 0 Å². The van der Waals surface area contributed by atoms with Crippen LogP contribution in [0.4, 0.5) is 0 Å². The van der Waals surface area contributed by atoms with Gasteiger partial charge in [-0.3, -0.25) is 4.79 Å². The molecule has 0 amide bonds. The van der Waals surface area contributed by atoms with Crippen molar-refractivity contribution in [3.63, 3.8) is 0 Å². The van der Waals surface area contributed by atoms with Crippen molar-refractivity contribution in [3.05, 3.63) is 35.9 Å². The molecule has 82 valence electrons. The molecule has 2 rings (SSSR count). The highest BCUT2D eigenvalue weighted by atomic mass is 16.4. The second-order valence-corrected chi connectivity index (χ2v) is 4.25. The molecule has 16 heavy (non-hydrogen) atoms. The number of piperidine rings is 1. The Balaban J connectivity index is 2.22. The third-order valence-electron chi connectivity index (χ3n) is 3.19. The molecule has 0 saturated carbocycles. The molecule has 1 heterocycles. The molecular weight excluding hydrogens is 201 g/mol. The van der Waals surface area contributed by atoms with Crippen LogP contribution in [0.15, 0.2) is 30.3 Å². The lowest BCUT2D eigenvalue weighted by Gasteiger charge is -2.35. The molecule has 2 radical (unpaired) electrons. The number of benzene rings is 1. The Bertz CT molecular complexity index is 369. The van der Waals surface area contributed by atoms with Crippen molar-refractivity contribution in [1.29, 1.82) is 0 Å². The molecule has 0 bridgehead atoms. The SMILES string of the molecule is [B]N1CC[C@@H](c2ccccc2)[C@@H](C(=O)O)C1. The number of nitrogens with zero attached hydrogens (tertiary/aromatic N) is 1. The fraction of sp³-hybridized carbons (Fsp3) is 0.417. The van der Waals surface area contributed by atoms with Crippen molar-refractivity contribution in [3.8, 4) is 0 Å². The monoisotopic (exact) mass is 215 g/mol. The van der Waals surface area contributed by atoms with E-state index in [4.69, 9.17) is 7.98 Å². The highest BCUT2D eigenvalue weighted by molar-refractivity contribution is 6.04. The minimum Gasteiger partial charge on any atom is -0.481 e. The normalized spacial score (nSPS) is 26.5. The number of rotatable bonds is 2. The van der Waals surface area contributed by atoms with Gasteiger partial charge < -0.3 is 9.92 Å². The third kappa shape index (κ3) is 2.27. The van der Waals surface area contributed by atoms with E-state index in [2.05, 4.69) is 0 Å². The summed E-state index contributed by atoms with van der Waals surface area (Å²) in [6.45, 7) is 1.18. The topological polar surface area (TPSA) is 40.5 Å². The predicted octanol–water partition coefficient (Wildman–Crippen LogP) is 1.26. The van der Waals surface area contributed by atoms with Gasteiger partial charge in [0.25, 0.3) is 0 Å². The fourth-order valence-electron chi connectivity index (χ4n) is 2.33. The molecule has 1 N–H and O–H groups in total. The van der Waals surface area contributed by atoms with E-state index in [1.54, 1.807) is 4.81 Å². The van der Waals surface area contributed by atoms with E-state index in [1.165, 1.54) is 0 Å². The Labute approximate surface area is 96.5 Å². The van der Waals surface area contributed by atoms with Crippen molar-refractivity contribution in [2.45, 2.75) is 12.3 Å². The van der Waals surface area contributed by atoms with Gasteiger partial charge in [-0.25, -0.2) is 0 Å². The quantitative estimate of drug-likeness (QED) is 0.755. The van der Waals surface area contributed by atoms with Crippen LogP contribution in [0.5, 0.6) is 0 Å². The van der Waals surface area contributed by atoms with E-state index in [1.807, 2.05) is 30.3 Å². The van der Waals surface area contributed by atoms with Gasteiger partial charge >= 0.3 is 5.97 Å². The van der Waals surface area contributed by atoms with Crippen molar-refractivity contribution in [2.24, 2.45) is 5.92 Å². The van der Waals surface area contributed by atoms with Crippen molar-refractivity contribution in [2.75, 3.05) is 13.1 Å². The zero-order valence-corrected chi connectivity index (χ0v) is 9.04. The van der Waals surface area contributed by atoms with Crippen LogP contribution in [0, 0.1) is 5.92 Å². The number of carboxylic acid groups (broad SMARTS) is 1. The molecular formula is C12H14BNO2. The van der Waals surface area contributed by atoms with Gasteiger partial charge in [0.15, 0.2) is 7.98 Å². The van der Waals surface area contributed by atoms with Gasteiger partial charge in [-0.1, -0.05) is 30.3 Å². The minimum atomic E-state index is -0.760. The summed E-state index contributed by atoms with van der Waals surface area (Å²) in [5.74, 6) is -1.08. The van der Waals surface area contributed by atoms with Gasteiger partial charge in [0.2, 0.25) is 0 Å². The van der Waals surface area contributed by atoms with Crippen LogP contribution in [0.2, 0.25) is 0 Å². The van der Waals surface area contributed by atoms with E-state index in [0.717, 1.165) is 18.5 Å². The average Bonchev–Trinajstić information content (AvgIpc) is 2.30. The Morgan fingerprint density at radius 3 is 2.69 bits per heavy atom. The number of carboxylic acids is 1. The van der Waals surface area contributed by atoms with Crippen LogP contribution < -0.4 is 0 Å². The number of hydrogen-bond acceptors (Lipinski definition) is 2. The molecule has 0 unspecified atom stereocenters. The summed E-state index contributed by atoms with van der Waals surface area (Å²) in [7, 11) is 5.67. The largest absolute Gasteiger partial charge is 0.481 e.